The van der Waals surface area contributed by atoms with E-state index in [1.54, 1.807) is 89.4 Å². The molecule has 288 valence electrons. The van der Waals surface area contributed by atoms with Crippen LogP contribution in [0, 0.1) is 12.3 Å². The van der Waals surface area contributed by atoms with E-state index < -0.39 is 53.6 Å². The number of esters is 1. The molecule has 2 heterocycles. The number of amides is 3. The number of aromatic nitrogens is 1. The van der Waals surface area contributed by atoms with E-state index >= 15 is 0 Å². The fourth-order valence-corrected chi connectivity index (χ4v) is 4.87. The largest absolute Gasteiger partial charge is 0.467 e. The van der Waals surface area contributed by atoms with Crippen molar-refractivity contribution in [3.63, 3.8) is 0 Å². The number of carbonyl (C=O) groups excluding carboxylic acids is 5. The first-order valence-electron chi connectivity index (χ1n) is 16.7. The molecule has 3 amide bonds. The molecule has 0 radical (unpaired) electrons. The van der Waals surface area contributed by atoms with Gasteiger partial charge >= 0.3 is 5.97 Å². The van der Waals surface area contributed by atoms with Crippen LogP contribution in [0.15, 0.2) is 95.2 Å². The predicted molar refractivity (Wildman–Crippen MR) is 194 cm³/mol. The average Bonchev–Trinajstić information content (AvgIpc) is 3.82. The molecule has 0 aliphatic carbocycles. The number of ether oxygens (including phenoxy) is 4. The smallest absolute Gasteiger partial charge is 0.331 e. The summed E-state index contributed by atoms with van der Waals surface area (Å²) in [5.74, 6) is -2.02. The van der Waals surface area contributed by atoms with Gasteiger partial charge in [0, 0.05) is 40.1 Å². The topological polar surface area (TPSA) is 187 Å². The Hall–Kier alpha value is -5.22. The molecule has 1 fully saturated rings. The van der Waals surface area contributed by atoms with E-state index in [2.05, 4.69) is 10.3 Å². The minimum atomic E-state index is -2.24. The van der Waals surface area contributed by atoms with Gasteiger partial charge in [-0.15, -0.1) is 0 Å². The number of nitrogens with zero attached hydrogens (tertiary/aromatic N) is 3. The standard InChI is InChI=1S/C38H50N4O11/c1-27(20-16-13-14-17-21-30-24-40-29(3)53-30)33(44)37(4,5)35(46)39-23-19-15-11-9-10-12-18-22-31(43)42(48)38(25-51-26-52-38)36(47)41(6)32(28(2)49-7)34(45)50-8/h9-20,22,24,28,32,48H,21,23,25-26H2,1-8H3,(H,39,46)/b11-9+,12-10+,16-13-,17-14+,19-15-,22-18+,27-20-. The van der Waals surface area contributed by atoms with Crippen LogP contribution in [0.2, 0.25) is 0 Å². The molecule has 0 aromatic carbocycles. The van der Waals surface area contributed by atoms with E-state index in [1.807, 2.05) is 12.2 Å². The number of hydroxylamine groups is 2. The Balaban J connectivity index is 1.86. The van der Waals surface area contributed by atoms with Gasteiger partial charge in [0.05, 0.1) is 19.4 Å². The van der Waals surface area contributed by atoms with Crippen molar-refractivity contribution >= 4 is 29.5 Å². The van der Waals surface area contributed by atoms with Crippen molar-refractivity contribution < 1.29 is 52.5 Å². The van der Waals surface area contributed by atoms with Gasteiger partial charge in [0.15, 0.2) is 24.5 Å². The normalized spacial score (nSPS) is 18.2. The highest BCUT2D eigenvalue weighted by atomic mass is 16.8. The lowest BCUT2D eigenvalue weighted by atomic mass is 9.83. The SMILES string of the molecule is COC(=O)C(C(C)OC)N(C)C(=O)C1(N(O)C(=O)/C=C/C=C/C=C/C=C\CNC(=O)C(C)(C)C(=O)\C(C)=C/C=C\C=C\Cc2cnc(C)o2)COCO1. The Morgan fingerprint density at radius 1 is 1.04 bits per heavy atom. The first-order valence-corrected chi connectivity index (χ1v) is 16.7. The van der Waals surface area contributed by atoms with Gasteiger partial charge in [-0.1, -0.05) is 72.9 Å². The third kappa shape index (κ3) is 12.5. The van der Waals surface area contributed by atoms with Crippen molar-refractivity contribution in [2.75, 3.05) is 41.2 Å². The summed E-state index contributed by atoms with van der Waals surface area (Å²) in [5.41, 5.74) is -3.08. The van der Waals surface area contributed by atoms with Gasteiger partial charge in [-0.25, -0.2) is 9.78 Å². The maximum Gasteiger partial charge on any atom is 0.331 e. The number of methoxy groups -OCH3 is 2. The first kappa shape index (κ1) is 43.9. The van der Waals surface area contributed by atoms with Crippen LogP contribution < -0.4 is 5.32 Å². The molecule has 0 saturated carbocycles. The van der Waals surface area contributed by atoms with Gasteiger partial charge in [-0.05, 0) is 33.3 Å². The lowest BCUT2D eigenvalue weighted by molar-refractivity contribution is -0.246. The zero-order chi connectivity index (χ0) is 39.6. The molecule has 0 bridgehead atoms. The maximum atomic E-state index is 13.5. The number of rotatable bonds is 19. The van der Waals surface area contributed by atoms with Gasteiger partial charge in [0.1, 0.15) is 17.8 Å². The highest BCUT2D eigenvalue weighted by Crippen LogP contribution is 2.27. The summed E-state index contributed by atoms with van der Waals surface area (Å²) in [7, 11) is 3.80. The molecular formula is C38H50N4O11. The van der Waals surface area contributed by atoms with Crippen molar-refractivity contribution in [1.29, 1.82) is 0 Å². The highest BCUT2D eigenvalue weighted by molar-refractivity contribution is 6.12. The van der Waals surface area contributed by atoms with E-state index in [-0.39, 0.29) is 24.2 Å². The molecule has 0 spiro atoms. The molecule has 1 saturated heterocycles. The van der Waals surface area contributed by atoms with Gasteiger partial charge < -0.3 is 33.6 Å². The quantitative estimate of drug-likeness (QED) is 0.0527. The fourth-order valence-electron chi connectivity index (χ4n) is 4.87. The minimum absolute atomic E-state index is 0.120. The third-order valence-electron chi connectivity index (χ3n) is 8.06. The summed E-state index contributed by atoms with van der Waals surface area (Å²) in [6.45, 7) is 7.46. The molecule has 2 rings (SSSR count). The zero-order valence-electron chi connectivity index (χ0n) is 31.4. The molecule has 2 N–H and O–H groups in total. The van der Waals surface area contributed by atoms with Crippen LogP contribution >= 0.6 is 0 Å². The number of allylic oxidation sites excluding steroid dienone is 12. The Morgan fingerprint density at radius 2 is 1.68 bits per heavy atom. The van der Waals surface area contributed by atoms with E-state index in [0.29, 0.717) is 17.9 Å². The summed E-state index contributed by atoms with van der Waals surface area (Å²) < 4.78 is 26.0. The lowest BCUT2D eigenvalue weighted by Crippen LogP contribution is -2.64. The Labute approximate surface area is 309 Å². The number of carbonyl (C=O) groups is 5. The minimum Gasteiger partial charge on any atom is -0.467 e. The van der Waals surface area contributed by atoms with Crippen molar-refractivity contribution in [2.45, 2.75) is 58.9 Å². The lowest BCUT2D eigenvalue weighted by Gasteiger charge is -2.38. The predicted octanol–water partition coefficient (Wildman–Crippen LogP) is 3.47. The monoisotopic (exact) mass is 738 g/mol. The van der Waals surface area contributed by atoms with E-state index in [1.165, 1.54) is 26.3 Å². The first-order chi connectivity index (χ1) is 25.1. The molecule has 1 aliphatic rings. The second kappa shape index (κ2) is 21.3. The number of nitrogens with one attached hydrogen (secondary N) is 1. The number of ketones is 1. The third-order valence-corrected chi connectivity index (χ3v) is 8.06. The van der Waals surface area contributed by atoms with E-state index in [0.717, 1.165) is 23.8 Å². The summed E-state index contributed by atoms with van der Waals surface area (Å²) in [4.78, 5) is 69.4. The van der Waals surface area contributed by atoms with Gasteiger partial charge in [0.2, 0.25) is 5.91 Å². The summed E-state index contributed by atoms with van der Waals surface area (Å²) >= 11 is 0. The van der Waals surface area contributed by atoms with Crippen LogP contribution in [0.25, 0.3) is 0 Å². The van der Waals surface area contributed by atoms with Crippen molar-refractivity contribution in [2.24, 2.45) is 5.41 Å². The fraction of sp³-hybridized carbons (Fsp3) is 0.421. The molecule has 15 nitrogen and oxygen atoms in total. The van der Waals surface area contributed by atoms with Crippen LogP contribution in [0.3, 0.4) is 0 Å². The molecule has 53 heavy (non-hydrogen) atoms. The second-order valence-electron chi connectivity index (χ2n) is 12.3. The van der Waals surface area contributed by atoms with Crippen LogP contribution in [-0.2, 0) is 49.3 Å². The highest BCUT2D eigenvalue weighted by Gasteiger charge is 2.54. The number of aryl methyl sites for hydroxylation is 1. The van der Waals surface area contributed by atoms with Crippen LogP contribution in [0.4, 0.5) is 0 Å². The molecule has 1 aliphatic heterocycles. The molecule has 15 heteroatoms. The van der Waals surface area contributed by atoms with Crippen LogP contribution in [0.5, 0.6) is 0 Å². The summed E-state index contributed by atoms with van der Waals surface area (Å²) in [5, 5.41) is 13.6. The number of Topliss-reactive ketones (excluding diaryl/α,β-unsaturated/α-hetero) is 1. The number of likely N-dealkylation sites (N-methyl/N-ethyl adjacent to an activating group) is 1. The Kier molecular flexibility index (Phi) is 17.7. The van der Waals surface area contributed by atoms with Crippen molar-refractivity contribution in [3.8, 4) is 0 Å². The average molecular weight is 739 g/mol. The number of oxazole rings is 1. The Morgan fingerprint density at radius 3 is 2.28 bits per heavy atom. The van der Waals surface area contributed by atoms with E-state index in [9.17, 15) is 29.2 Å². The molecule has 3 unspecified atom stereocenters. The molecule has 1 aromatic heterocycles. The van der Waals surface area contributed by atoms with Crippen molar-refractivity contribution in [3.05, 3.63) is 102 Å². The summed E-state index contributed by atoms with van der Waals surface area (Å²) in [6, 6.07) is -1.20. The number of hydrogen-bond acceptors (Lipinski definition) is 12. The van der Waals surface area contributed by atoms with Gasteiger partial charge in [0.25, 0.3) is 17.5 Å². The molecule has 3 atom stereocenters. The zero-order valence-corrected chi connectivity index (χ0v) is 31.4. The molecule has 1 aromatic rings. The second-order valence-corrected chi connectivity index (χ2v) is 12.3. The molecular weight excluding hydrogens is 688 g/mol. The maximum absolute atomic E-state index is 13.5. The Bertz CT molecular complexity index is 1640. The number of hydrogen-bond donors (Lipinski definition) is 2. The van der Waals surface area contributed by atoms with Gasteiger partial charge in [-0.3, -0.25) is 24.4 Å². The summed E-state index contributed by atoms with van der Waals surface area (Å²) in [6.07, 6.45) is 22.6. The van der Waals surface area contributed by atoms with Crippen LogP contribution in [0.1, 0.15) is 39.3 Å². The van der Waals surface area contributed by atoms with Gasteiger partial charge in [-0.2, -0.15) is 5.06 Å². The van der Waals surface area contributed by atoms with E-state index in [4.69, 9.17) is 23.4 Å². The van der Waals surface area contributed by atoms with Crippen molar-refractivity contribution in [1.82, 2.24) is 20.3 Å². The van der Waals surface area contributed by atoms with Crippen LogP contribution in [-0.4, -0.2) is 109 Å².